The van der Waals surface area contributed by atoms with E-state index in [1.165, 1.54) is 35.0 Å². The zero-order valence-electron chi connectivity index (χ0n) is 15.0. The Bertz CT molecular complexity index is 1330. The predicted molar refractivity (Wildman–Crippen MR) is 111 cm³/mol. The van der Waals surface area contributed by atoms with Gasteiger partial charge >= 0.3 is 5.69 Å². The lowest BCUT2D eigenvalue weighted by Crippen LogP contribution is -2.40. The van der Waals surface area contributed by atoms with Gasteiger partial charge in [0.1, 0.15) is 5.82 Å². The topological polar surface area (TPSA) is 56.9 Å². The van der Waals surface area contributed by atoms with Crippen LogP contribution < -0.4 is 11.2 Å². The smallest absolute Gasteiger partial charge is 0.287 e. The molecule has 0 unspecified atom stereocenters. The summed E-state index contributed by atoms with van der Waals surface area (Å²) in [5.74, 6) is -0.393. The number of hydrogen-bond acceptors (Lipinski definition) is 3. The van der Waals surface area contributed by atoms with Gasteiger partial charge in [0, 0.05) is 16.2 Å². The van der Waals surface area contributed by atoms with E-state index in [1.54, 1.807) is 30.3 Å². The molecule has 0 fully saturated rings. The molecule has 0 radical (unpaired) electrons. The molecule has 2 aromatic heterocycles. The lowest BCUT2D eigenvalue weighted by Gasteiger charge is -2.14. The van der Waals surface area contributed by atoms with Crippen molar-refractivity contribution in [3.8, 4) is 0 Å². The second-order valence-electron chi connectivity index (χ2n) is 6.49. The van der Waals surface area contributed by atoms with Gasteiger partial charge in [0.15, 0.2) is 5.52 Å². The van der Waals surface area contributed by atoms with Crippen molar-refractivity contribution >= 4 is 34.2 Å². The largest absolute Gasteiger partial charge is 0.332 e. The third-order valence-corrected chi connectivity index (χ3v) is 5.17. The van der Waals surface area contributed by atoms with Gasteiger partial charge in [-0.15, -0.1) is 0 Å². The van der Waals surface area contributed by atoms with Crippen LogP contribution in [0, 0.1) is 5.82 Å². The van der Waals surface area contributed by atoms with Gasteiger partial charge in [-0.25, -0.2) is 14.2 Å². The molecule has 2 heterocycles. The minimum absolute atomic E-state index is 0.00118. The molecule has 0 spiro atoms. The molecule has 0 aliphatic rings. The van der Waals surface area contributed by atoms with E-state index in [2.05, 4.69) is 4.98 Å². The van der Waals surface area contributed by atoms with Gasteiger partial charge in [-0.3, -0.25) is 13.9 Å². The lowest BCUT2D eigenvalue weighted by atomic mass is 10.2. The Morgan fingerprint density at radius 3 is 2.41 bits per heavy atom. The Morgan fingerprint density at radius 1 is 0.931 bits per heavy atom. The van der Waals surface area contributed by atoms with Crippen LogP contribution in [0.2, 0.25) is 10.0 Å². The zero-order chi connectivity index (χ0) is 20.5. The summed E-state index contributed by atoms with van der Waals surface area (Å²) in [6.07, 6.45) is 1.50. The van der Waals surface area contributed by atoms with Crippen LogP contribution in [0.1, 0.15) is 11.1 Å². The summed E-state index contributed by atoms with van der Waals surface area (Å²) < 4.78 is 15.7. The molecule has 0 atom stereocenters. The molecular weight excluding hydrogens is 416 g/mol. The maximum Gasteiger partial charge on any atom is 0.332 e. The number of pyridine rings is 1. The van der Waals surface area contributed by atoms with Crippen molar-refractivity contribution in [2.45, 2.75) is 13.1 Å². The van der Waals surface area contributed by atoms with Gasteiger partial charge in [-0.1, -0.05) is 41.4 Å². The van der Waals surface area contributed by atoms with E-state index in [1.807, 2.05) is 0 Å². The van der Waals surface area contributed by atoms with E-state index in [0.717, 1.165) is 4.57 Å². The standard InChI is InChI=1S/C21H14Cl2FN3O2/c22-15-6-5-14(17(23)10-15)12-26-18-2-1-9-25-19(18)20(28)27(21(26)29)11-13-3-7-16(24)8-4-13/h1-10H,11-12H2. The van der Waals surface area contributed by atoms with Crippen molar-refractivity contribution in [2.24, 2.45) is 0 Å². The van der Waals surface area contributed by atoms with Gasteiger partial charge in [-0.05, 0) is 47.5 Å². The molecule has 0 aliphatic carbocycles. The van der Waals surface area contributed by atoms with Gasteiger partial charge in [0.05, 0.1) is 18.6 Å². The summed E-state index contributed by atoms with van der Waals surface area (Å²) in [7, 11) is 0. The molecule has 8 heteroatoms. The number of aromatic nitrogens is 3. The summed E-state index contributed by atoms with van der Waals surface area (Å²) >= 11 is 12.2. The molecule has 0 N–H and O–H groups in total. The maximum absolute atomic E-state index is 13.2. The van der Waals surface area contributed by atoms with Crippen LogP contribution in [-0.2, 0) is 13.1 Å². The Kier molecular flexibility index (Phi) is 5.22. The highest BCUT2D eigenvalue weighted by molar-refractivity contribution is 6.35. The number of fused-ring (bicyclic) bond motifs is 1. The van der Waals surface area contributed by atoms with Crippen LogP contribution in [0.25, 0.3) is 11.0 Å². The average Bonchev–Trinajstić information content (AvgIpc) is 2.71. The van der Waals surface area contributed by atoms with E-state index < -0.39 is 17.1 Å². The predicted octanol–water partition coefficient (Wildman–Crippen LogP) is 4.10. The van der Waals surface area contributed by atoms with Crippen molar-refractivity contribution in [3.63, 3.8) is 0 Å². The highest BCUT2D eigenvalue weighted by Crippen LogP contribution is 2.22. The first-order valence-corrected chi connectivity index (χ1v) is 9.46. The quantitative estimate of drug-likeness (QED) is 0.490. The molecule has 2 aromatic carbocycles. The Balaban J connectivity index is 1.90. The van der Waals surface area contributed by atoms with Gasteiger partial charge in [0.2, 0.25) is 0 Å². The van der Waals surface area contributed by atoms with E-state index in [9.17, 15) is 14.0 Å². The molecule has 146 valence electrons. The number of rotatable bonds is 4. The number of benzene rings is 2. The second kappa shape index (κ2) is 7.81. The molecule has 0 aliphatic heterocycles. The minimum Gasteiger partial charge on any atom is -0.287 e. The van der Waals surface area contributed by atoms with Crippen molar-refractivity contribution < 1.29 is 4.39 Å². The maximum atomic E-state index is 13.2. The summed E-state index contributed by atoms with van der Waals surface area (Å²) in [6.45, 7) is 0.138. The minimum atomic E-state index is -0.508. The van der Waals surface area contributed by atoms with Crippen molar-refractivity contribution in [2.75, 3.05) is 0 Å². The zero-order valence-corrected chi connectivity index (χ0v) is 16.5. The number of halogens is 3. The van der Waals surface area contributed by atoms with Crippen LogP contribution in [-0.4, -0.2) is 14.1 Å². The Labute approximate surface area is 174 Å². The summed E-state index contributed by atoms with van der Waals surface area (Å²) in [4.78, 5) is 30.3. The summed E-state index contributed by atoms with van der Waals surface area (Å²) in [5, 5.41) is 0.900. The lowest BCUT2D eigenvalue weighted by molar-refractivity contribution is 0.619. The first-order valence-electron chi connectivity index (χ1n) is 8.71. The van der Waals surface area contributed by atoms with E-state index in [0.29, 0.717) is 26.7 Å². The fourth-order valence-corrected chi connectivity index (χ4v) is 3.60. The molecule has 29 heavy (non-hydrogen) atoms. The van der Waals surface area contributed by atoms with Crippen molar-refractivity contribution in [3.05, 3.63) is 109 Å². The SMILES string of the molecule is O=c1c2ncccc2n(Cc2ccc(Cl)cc2Cl)c(=O)n1Cc1ccc(F)cc1. The van der Waals surface area contributed by atoms with Crippen LogP contribution in [0.15, 0.2) is 70.4 Å². The third kappa shape index (κ3) is 3.81. The summed E-state index contributed by atoms with van der Waals surface area (Å²) in [6, 6.07) is 14.0. The first kappa shape index (κ1) is 19.4. The fourth-order valence-electron chi connectivity index (χ4n) is 3.13. The van der Waals surface area contributed by atoms with Gasteiger partial charge < -0.3 is 0 Å². The molecule has 0 bridgehead atoms. The summed E-state index contributed by atoms with van der Waals surface area (Å²) in [5.41, 5.74) is 0.856. The van der Waals surface area contributed by atoms with Crippen LogP contribution in [0.3, 0.4) is 0 Å². The second-order valence-corrected chi connectivity index (χ2v) is 7.34. The van der Waals surface area contributed by atoms with E-state index in [4.69, 9.17) is 23.2 Å². The Hall–Kier alpha value is -2.96. The van der Waals surface area contributed by atoms with E-state index in [-0.39, 0.29) is 18.6 Å². The number of hydrogen-bond donors (Lipinski definition) is 0. The molecule has 0 saturated carbocycles. The normalized spacial score (nSPS) is 11.1. The Morgan fingerprint density at radius 2 is 1.69 bits per heavy atom. The van der Waals surface area contributed by atoms with Gasteiger partial charge in [0.25, 0.3) is 5.56 Å². The van der Waals surface area contributed by atoms with Crippen LogP contribution in [0.4, 0.5) is 4.39 Å². The number of nitrogens with zero attached hydrogens (tertiary/aromatic N) is 3. The highest BCUT2D eigenvalue weighted by atomic mass is 35.5. The van der Waals surface area contributed by atoms with Crippen molar-refractivity contribution in [1.29, 1.82) is 0 Å². The molecule has 0 amide bonds. The highest BCUT2D eigenvalue weighted by Gasteiger charge is 2.15. The molecule has 5 nitrogen and oxygen atoms in total. The molecular formula is C21H14Cl2FN3O2. The average molecular weight is 430 g/mol. The fraction of sp³-hybridized carbons (Fsp3) is 0.0952. The van der Waals surface area contributed by atoms with Crippen LogP contribution in [0.5, 0.6) is 0 Å². The first-order chi connectivity index (χ1) is 13.9. The van der Waals surface area contributed by atoms with Gasteiger partial charge in [-0.2, -0.15) is 0 Å². The third-order valence-electron chi connectivity index (χ3n) is 4.58. The van der Waals surface area contributed by atoms with Crippen LogP contribution >= 0.6 is 23.2 Å². The molecule has 0 saturated heterocycles. The molecule has 4 rings (SSSR count). The van der Waals surface area contributed by atoms with Crippen molar-refractivity contribution in [1.82, 2.24) is 14.1 Å². The monoisotopic (exact) mass is 429 g/mol. The van der Waals surface area contributed by atoms with E-state index >= 15 is 0 Å². The molecule has 4 aromatic rings.